The molecule has 2 amide bonds. The second kappa shape index (κ2) is 7.12. The van der Waals surface area contributed by atoms with Gasteiger partial charge in [-0.15, -0.1) is 11.3 Å². The number of hydrogen-bond donors (Lipinski definition) is 1. The Kier molecular flexibility index (Phi) is 4.59. The summed E-state index contributed by atoms with van der Waals surface area (Å²) in [5, 5.41) is 4.17. The highest BCUT2D eigenvalue weighted by Crippen LogP contribution is 2.32. The number of carbonyl (C=O) groups excluding carboxylic acids is 2. The van der Waals surface area contributed by atoms with Crippen molar-refractivity contribution in [2.75, 3.05) is 26.2 Å². The number of hydrogen-bond acceptors (Lipinski definition) is 5. The maximum atomic E-state index is 12.9. The Morgan fingerprint density at radius 3 is 2.61 bits per heavy atom. The summed E-state index contributed by atoms with van der Waals surface area (Å²) >= 11 is 1.46. The zero-order chi connectivity index (χ0) is 19.3. The van der Waals surface area contributed by atoms with Gasteiger partial charge >= 0.3 is 0 Å². The lowest BCUT2D eigenvalue weighted by Gasteiger charge is -2.49. The zero-order valence-corrected chi connectivity index (χ0v) is 17.0. The number of fused-ring (bicyclic) bond motifs is 4. The first-order chi connectivity index (χ1) is 13.6. The van der Waals surface area contributed by atoms with Gasteiger partial charge in [0.25, 0.3) is 11.8 Å². The molecule has 6 heterocycles. The van der Waals surface area contributed by atoms with Crippen LogP contribution in [0.1, 0.15) is 52.8 Å². The van der Waals surface area contributed by atoms with Gasteiger partial charge in [-0.1, -0.05) is 0 Å². The Morgan fingerprint density at radius 1 is 1.14 bits per heavy atom. The molecule has 4 aliphatic rings. The fourth-order valence-electron chi connectivity index (χ4n) is 5.01. The van der Waals surface area contributed by atoms with E-state index in [1.54, 1.807) is 6.20 Å². The molecule has 6 rings (SSSR count). The molecule has 2 bridgehead atoms. The van der Waals surface area contributed by atoms with Gasteiger partial charge in [-0.25, -0.2) is 0 Å². The summed E-state index contributed by atoms with van der Waals surface area (Å²) in [6.07, 6.45) is 6.21. The van der Waals surface area contributed by atoms with Crippen molar-refractivity contribution >= 4 is 33.2 Å². The fraction of sp³-hybridized carbons (Fsp3) is 0.571. The highest BCUT2D eigenvalue weighted by molar-refractivity contribution is 7.20. The van der Waals surface area contributed by atoms with Crippen LogP contribution in [-0.2, 0) is 0 Å². The van der Waals surface area contributed by atoms with Crippen LogP contribution >= 0.6 is 11.3 Å². The Morgan fingerprint density at radius 2 is 1.89 bits per heavy atom. The van der Waals surface area contributed by atoms with Crippen LogP contribution in [0.5, 0.6) is 0 Å². The second-order valence-corrected chi connectivity index (χ2v) is 9.41. The van der Waals surface area contributed by atoms with E-state index in [1.807, 2.05) is 17.0 Å². The van der Waals surface area contributed by atoms with Crippen LogP contribution in [0.25, 0.3) is 10.1 Å². The summed E-state index contributed by atoms with van der Waals surface area (Å²) in [4.78, 5) is 35.0. The van der Waals surface area contributed by atoms with Gasteiger partial charge in [-0.3, -0.25) is 19.5 Å². The van der Waals surface area contributed by atoms with Crippen LogP contribution in [0, 0.1) is 5.92 Å². The number of thiophene rings is 1. The van der Waals surface area contributed by atoms with Gasteiger partial charge in [-0.2, -0.15) is 0 Å². The van der Waals surface area contributed by atoms with E-state index in [9.17, 15) is 9.59 Å². The first-order valence-electron chi connectivity index (χ1n) is 10.3. The monoisotopic (exact) mass is 398 g/mol. The summed E-state index contributed by atoms with van der Waals surface area (Å²) in [6, 6.07) is 4.32. The molecule has 0 aromatic carbocycles. The van der Waals surface area contributed by atoms with Crippen LogP contribution in [0.4, 0.5) is 0 Å². The van der Waals surface area contributed by atoms with Crippen molar-refractivity contribution in [2.45, 2.75) is 44.7 Å². The molecule has 2 aromatic rings. The number of amides is 2. The van der Waals surface area contributed by atoms with Gasteiger partial charge in [0.05, 0.1) is 4.88 Å². The quantitative estimate of drug-likeness (QED) is 0.863. The minimum Gasteiger partial charge on any atom is -0.346 e. The minimum absolute atomic E-state index is 0.103. The molecular formula is C21H26N4O2S. The maximum absolute atomic E-state index is 12.9. The molecule has 0 unspecified atom stereocenters. The highest BCUT2D eigenvalue weighted by atomic mass is 32.1. The normalized spacial score (nSPS) is 29.4. The highest BCUT2D eigenvalue weighted by Gasteiger charge is 2.40. The summed E-state index contributed by atoms with van der Waals surface area (Å²) < 4.78 is 0.949. The number of pyridine rings is 1. The molecule has 0 saturated carbocycles. The van der Waals surface area contributed by atoms with Gasteiger partial charge in [-0.05, 0) is 63.7 Å². The first-order valence-corrected chi connectivity index (χ1v) is 11.2. The number of nitrogens with zero attached hydrogens (tertiary/aromatic N) is 3. The van der Waals surface area contributed by atoms with Crippen LogP contribution in [0.3, 0.4) is 0 Å². The van der Waals surface area contributed by atoms with Crippen molar-refractivity contribution in [3.8, 4) is 0 Å². The lowest BCUT2D eigenvalue weighted by atomic mass is 9.79. The first kappa shape index (κ1) is 18.1. The van der Waals surface area contributed by atoms with Crippen molar-refractivity contribution in [1.29, 1.82) is 0 Å². The summed E-state index contributed by atoms with van der Waals surface area (Å²) in [7, 11) is 0. The Hall–Kier alpha value is -1.99. The number of rotatable bonds is 3. The van der Waals surface area contributed by atoms with E-state index in [0.717, 1.165) is 66.8 Å². The molecule has 148 valence electrons. The third-order valence-electron chi connectivity index (χ3n) is 6.71. The molecule has 4 fully saturated rings. The van der Waals surface area contributed by atoms with Crippen LogP contribution in [-0.4, -0.2) is 64.9 Å². The predicted molar refractivity (Wildman–Crippen MR) is 110 cm³/mol. The zero-order valence-electron chi connectivity index (χ0n) is 16.2. The lowest BCUT2D eigenvalue weighted by molar-refractivity contribution is 0.0216. The van der Waals surface area contributed by atoms with Crippen molar-refractivity contribution < 1.29 is 9.59 Å². The fourth-order valence-corrected chi connectivity index (χ4v) is 6.05. The molecule has 2 aromatic heterocycles. The molecule has 0 radical (unpaired) electrons. The molecule has 28 heavy (non-hydrogen) atoms. The van der Waals surface area contributed by atoms with Gasteiger partial charge in [0.15, 0.2) is 0 Å². The minimum atomic E-state index is -0.103. The number of piperidine rings is 3. The van der Waals surface area contributed by atoms with E-state index in [-0.39, 0.29) is 17.9 Å². The standard InChI is InChI=1S/C21H26N4O2S/c1-13-19(14-4-8-24(13)9-5-14)23-20(26)16-11-17-15(12-22-16)10-18(28-17)21(27)25-6-2-3-7-25/h10-14,19H,2-9H2,1H3,(H,23,26)/t13-,19-/m0/s1. The third kappa shape index (κ3) is 3.10. The largest absolute Gasteiger partial charge is 0.346 e. The SMILES string of the molecule is C[C@H]1[C@H](NC(=O)c2cc3sc(C(=O)N4CCCC4)cc3cn2)C2CCN1CC2. The smallest absolute Gasteiger partial charge is 0.270 e. The maximum Gasteiger partial charge on any atom is 0.270 e. The van der Waals surface area contributed by atoms with E-state index in [0.29, 0.717) is 17.7 Å². The van der Waals surface area contributed by atoms with Gasteiger partial charge < -0.3 is 10.2 Å². The summed E-state index contributed by atoms with van der Waals surface area (Å²) in [5.74, 6) is 0.568. The van der Waals surface area contributed by atoms with Crippen LogP contribution < -0.4 is 5.32 Å². The Labute approximate surface area is 168 Å². The number of likely N-dealkylation sites (tertiary alicyclic amines) is 1. The topological polar surface area (TPSA) is 65.5 Å². The van der Waals surface area contributed by atoms with E-state index in [2.05, 4.69) is 22.1 Å². The average Bonchev–Trinajstić information content (AvgIpc) is 3.39. The molecule has 7 heteroatoms. The van der Waals surface area contributed by atoms with Crippen molar-refractivity contribution in [1.82, 2.24) is 20.1 Å². The molecule has 4 saturated heterocycles. The molecule has 6 nitrogen and oxygen atoms in total. The molecule has 0 aliphatic carbocycles. The average molecular weight is 399 g/mol. The van der Waals surface area contributed by atoms with Crippen LogP contribution in [0.2, 0.25) is 0 Å². The van der Waals surface area contributed by atoms with Gasteiger partial charge in [0, 0.05) is 41.5 Å². The van der Waals surface area contributed by atoms with Crippen molar-refractivity contribution in [2.24, 2.45) is 5.92 Å². The summed E-state index contributed by atoms with van der Waals surface area (Å²) in [5.41, 5.74) is 0.443. The number of aromatic nitrogens is 1. The van der Waals surface area contributed by atoms with E-state index in [4.69, 9.17) is 0 Å². The number of nitrogens with one attached hydrogen (secondary N) is 1. The summed E-state index contributed by atoms with van der Waals surface area (Å²) in [6.45, 7) is 6.19. The Balaban J connectivity index is 1.34. The predicted octanol–water partition coefficient (Wildman–Crippen LogP) is 2.74. The third-order valence-corrected chi connectivity index (χ3v) is 7.80. The van der Waals surface area contributed by atoms with E-state index < -0.39 is 0 Å². The lowest BCUT2D eigenvalue weighted by Crippen LogP contribution is -2.62. The van der Waals surface area contributed by atoms with E-state index in [1.165, 1.54) is 11.3 Å². The van der Waals surface area contributed by atoms with Crippen LogP contribution in [0.15, 0.2) is 18.3 Å². The molecule has 0 spiro atoms. The molecular weight excluding hydrogens is 372 g/mol. The number of carbonyl (C=O) groups is 2. The molecule has 2 atom stereocenters. The van der Waals surface area contributed by atoms with Crippen molar-refractivity contribution in [3.05, 3.63) is 28.9 Å². The van der Waals surface area contributed by atoms with Gasteiger partial charge in [0.2, 0.25) is 0 Å². The van der Waals surface area contributed by atoms with Gasteiger partial charge in [0.1, 0.15) is 5.69 Å². The second-order valence-electron chi connectivity index (χ2n) is 8.33. The Bertz CT molecular complexity index is 910. The molecule has 4 aliphatic heterocycles. The van der Waals surface area contributed by atoms with E-state index >= 15 is 0 Å². The molecule has 1 N–H and O–H groups in total. The van der Waals surface area contributed by atoms with Crippen molar-refractivity contribution in [3.63, 3.8) is 0 Å².